The minimum absolute atomic E-state index is 0.253. The lowest BCUT2D eigenvalue weighted by Crippen LogP contribution is -2.33. The fraction of sp³-hybridized carbons (Fsp3) is 0.625. The van der Waals surface area contributed by atoms with E-state index in [-0.39, 0.29) is 5.92 Å². The Bertz CT molecular complexity index is 333. The Morgan fingerprint density at radius 1 is 1.33 bits per heavy atom. The van der Waals surface area contributed by atoms with Gasteiger partial charge in [-0.1, -0.05) is 57.9 Å². The highest BCUT2D eigenvalue weighted by molar-refractivity contribution is 5.36. The normalized spacial score (nSPS) is 21.2. The zero-order valence-corrected chi connectivity index (χ0v) is 11.6. The third-order valence-electron chi connectivity index (χ3n) is 3.74. The van der Waals surface area contributed by atoms with Crippen LogP contribution >= 0.6 is 0 Å². The Labute approximate surface area is 110 Å². The summed E-state index contributed by atoms with van der Waals surface area (Å²) in [4.78, 5) is 0. The van der Waals surface area contributed by atoms with E-state index in [2.05, 4.69) is 6.58 Å². The van der Waals surface area contributed by atoms with E-state index in [1.165, 1.54) is 6.42 Å². The van der Waals surface area contributed by atoms with Gasteiger partial charge in [-0.2, -0.15) is 0 Å². The molecule has 0 aromatic heterocycles. The summed E-state index contributed by atoms with van der Waals surface area (Å²) in [6.45, 7) is 7.40. The van der Waals surface area contributed by atoms with Gasteiger partial charge in [-0.15, -0.1) is 0 Å². The van der Waals surface area contributed by atoms with Crippen LogP contribution in [0.3, 0.4) is 0 Å². The van der Waals surface area contributed by atoms with Crippen LogP contribution in [0.15, 0.2) is 36.0 Å². The van der Waals surface area contributed by atoms with Crippen LogP contribution < -0.4 is 0 Å². The average Bonchev–Trinajstić information content (AvgIpc) is 2.34. The molecule has 0 unspecified atom stereocenters. The fourth-order valence-corrected chi connectivity index (χ4v) is 2.54. The third-order valence-corrected chi connectivity index (χ3v) is 3.74. The zero-order chi connectivity index (χ0) is 13.6. The Morgan fingerprint density at radius 2 is 1.94 bits per heavy atom. The zero-order valence-electron chi connectivity index (χ0n) is 11.6. The minimum Gasteiger partial charge on any atom is -0.385 e. The molecule has 0 spiro atoms. The molecule has 1 nitrogen and oxygen atoms in total. The van der Waals surface area contributed by atoms with E-state index in [1.807, 2.05) is 19.9 Å². The number of hydrogen-bond donors (Lipinski definition) is 1. The van der Waals surface area contributed by atoms with Crippen molar-refractivity contribution in [1.29, 1.82) is 0 Å². The van der Waals surface area contributed by atoms with Gasteiger partial charge < -0.3 is 5.11 Å². The first-order valence-corrected chi connectivity index (χ1v) is 6.86. The van der Waals surface area contributed by atoms with Crippen LogP contribution in [0.1, 0.15) is 46.0 Å². The number of allylic oxidation sites excluding steroid dienone is 3. The summed E-state index contributed by atoms with van der Waals surface area (Å²) in [5, 5.41) is 10.7. The lowest BCUT2D eigenvalue weighted by atomic mass is 9.78. The van der Waals surface area contributed by atoms with Crippen LogP contribution in [0.5, 0.6) is 0 Å². The SMILES string of the molecule is C=C/C(=C\C(=C/CF)C(C)C)C1(O)CCCCC1. The predicted molar refractivity (Wildman–Crippen MR) is 75.2 cm³/mol. The molecule has 18 heavy (non-hydrogen) atoms. The summed E-state index contributed by atoms with van der Waals surface area (Å²) in [7, 11) is 0. The van der Waals surface area contributed by atoms with Crippen molar-refractivity contribution in [3.05, 3.63) is 36.0 Å². The van der Waals surface area contributed by atoms with Crippen LogP contribution in [0, 0.1) is 5.92 Å². The van der Waals surface area contributed by atoms with Crippen LogP contribution in [0.2, 0.25) is 0 Å². The molecular weight excluding hydrogens is 227 g/mol. The predicted octanol–water partition coefficient (Wildman–Crippen LogP) is 4.35. The van der Waals surface area contributed by atoms with Crippen molar-refractivity contribution in [1.82, 2.24) is 0 Å². The highest BCUT2D eigenvalue weighted by Crippen LogP contribution is 2.35. The average molecular weight is 252 g/mol. The molecule has 1 N–H and O–H groups in total. The largest absolute Gasteiger partial charge is 0.385 e. The molecule has 1 fully saturated rings. The topological polar surface area (TPSA) is 20.2 Å². The fourth-order valence-electron chi connectivity index (χ4n) is 2.54. The van der Waals surface area contributed by atoms with E-state index in [4.69, 9.17) is 0 Å². The van der Waals surface area contributed by atoms with Gasteiger partial charge in [0.2, 0.25) is 0 Å². The summed E-state index contributed by atoms with van der Waals surface area (Å²) < 4.78 is 12.5. The van der Waals surface area contributed by atoms with E-state index >= 15 is 0 Å². The molecule has 0 amide bonds. The first kappa shape index (κ1) is 15.2. The maximum absolute atomic E-state index is 12.5. The summed E-state index contributed by atoms with van der Waals surface area (Å²) in [5.41, 5.74) is 1.02. The van der Waals surface area contributed by atoms with Crippen LogP contribution in [0.25, 0.3) is 0 Å². The summed E-state index contributed by atoms with van der Waals surface area (Å²) in [6, 6.07) is 0. The molecule has 0 atom stereocenters. The van der Waals surface area contributed by atoms with Crippen LogP contribution in [-0.4, -0.2) is 17.4 Å². The van der Waals surface area contributed by atoms with E-state index in [0.29, 0.717) is 0 Å². The first-order chi connectivity index (χ1) is 8.53. The molecule has 1 rings (SSSR count). The van der Waals surface area contributed by atoms with Crippen molar-refractivity contribution in [2.75, 3.05) is 6.67 Å². The summed E-state index contributed by atoms with van der Waals surface area (Å²) in [5.74, 6) is 0.253. The molecule has 0 heterocycles. The molecule has 1 saturated carbocycles. The summed E-state index contributed by atoms with van der Waals surface area (Å²) in [6.07, 6.45) is 10.1. The van der Waals surface area contributed by atoms with Crippen molar-refractivity contribution in [3.8, 4) is 0 Å². The van der Waals surface area contributed by atoms with Crippen molar-refractivity contribution >= 4 is 0 Å². The first-order valence-electron chi connectivity index (χ1n) is 6.86. The minimum atomic E-state index is -0.760. The lowest BCUT2D eigenvalue weighted by Gasteiger charge is -2.33. The molecule has 102 valence electrons. The van der Waals surface area contributed by atoms with Gasteiger partial charge >= 0.3 is 0 Å². The molecule has 0 aromatic rings. The van der Waals surface area contributed by atoms with E-state index in [9.17, 15) is 9.50 Å². The molecule has 1 aliphatic carbocycles. The second kappa shape index (κ2) is 6.89. The Hall–Kier alpha value is -0.890. The van der Waals surface area contributed by atoms with Gasteiger partial charge in [0.15, 0.2) is 0 Å². The van der Waals surface area contributed by atoms with Gasteiger partial charge in [0.25, 0.3) is 0 Å². The van der Waals surface area contributed by atoms with E-state index < -0.39 is 12.3 Å². The number of aliphatic hydroxyl groups is 1. The molecule has 0 radical (unpaired) electrons. The molecule has 2 heteroatoms. The molecule has 0 aliphatic heterocycles. The summed E-state index contributed by atoms with van der Waals surface area (Å²) >= 11 is 0. The number of rotatable bonds is 5. The maximum atomic E-state index is 12.5. The highest BCUT2D eigenvalue weighted by Gasteiger charge is 2.31. The highest BCUT2D eigenvalue weighted by atomic mass is 19.1. The Balaban J connectivity index is 2.99. The number of hydrogen-bond acceptors (Lipinski definition) is 1. The quantitative estimate of drug-likeness (QED) is 0.721. The molecule has 1 aliphatic rings. The van der Waals surface area contributed by atoms with E-state index in [0.717, 1.165) is 36.8 Å². The molecule has 0 bridgehead atoms. The molecule has 0 saturated heterocycles. The van der Waals surface area contributed by atoms with Gasteiger partial charge in [-0.3, -0.25) is 0 Å². The second-order valence-electron chi connectivity index (χ2n) is 5.41. The van der Waals surface area contributed by atoms with Gasteiger partial charge in [-0.25, -0.2) is 4.39 Å². The number of alkyl halides is 1. The standard InChI is InChI=1S/C16H25FO/c1-4-15(12-14(8-11-17)13(2)3)16(18)9-6-5-7-10-16/h4,8,12-13,18H,1,5-7,9-11H2,2-3H3/b14-8+,15-12+. The monoisotopic (exact) mass is 252 g/mol. The third kappa shape index (κ3) is 3.81. The lowest BCUT2D eigenvalue weighted by molar-refractivity contribution is 0.0429. The Kier molecular flexibility index (Phi) is 5.80. The molecular formula is C16H25FO. The smallest absolute Gasteiger partial charge is 0.108 e. The van der Waals surface area contributed by atoms with Crippen molar-refractivity contribution in [3.63, 3.8) is 0 Å². The Morgan fingerprint density at radius 3 is 2.39 bits per heavy atom. The van der Waals surface area contributed by atoms with Crippen LogP contribution in [-0.2, 0) is 0 Å². The molecule has 0 aromatic carbocycles. The van der Waals surface area contributed by atoms with Gasteiger partial charge in [0.1, 0.15) is 6.67 Å². The van der Waals surface area contributed by atoms with Gasteiger partial charge in [0.05, 0.1) is 5.60 Å². The maximum Gasteiger partial charge on any atom is 0.108 e. The number of halogens is 1. The second-order valence-corrected chi connectivity index (χ2v) is 5.41. The van der Waals surface area contributed by atoms with Crippen molar-refractivity contribution < 1.29 is 9.50 Å². The van der Waals surface area contributed by atoms with Crippen molar-refractivity contribution in [2.45, 2.75) is 51.6 Å². The van der Waals surface area contributed by atoms with Gasteiger partial charge in [0, 0.05) is 0 Å². The van der Waals surface area contributed by atoms with E-state index in [1.54, 1.807) is 12.2 Å². The van der Waals surface area contributed by atoms with Crippen LogP contribution in [0.4, 0.5) is 4.39 Å². The van der Waals surface area contributed by atoms with Crippen molar-refractivity contribution in [2.24, 2.45) is 5.92 Å². The van der Waals surface area contributed by atoms with Gasteiger partial charge in [-0.05, 0) is 29.9 Å².